The molecule has 0 aliphatic rings. The number of para-hydroxylation sites is 1. The largest absolute Gasteiger partial charge is 0.477 e. The average Bonchev–Trinajstić information content (AvgIpc) is 2.26. The van der Waals surface area contributed by atoms with Gasteiger partial charge in [0.05, 0.1) is 17.5 Å². The Balaban J connectivity index is 2.82. The van der Waals surface area contributed by atoms with Crippen LogP contribution >= 0.6 is 0 Å². The molecule has 1 aromatic heterocycles. The molecule has 2 rings (SSSR count). The summed E-state index contributed by atoms with van der Waals surface area (Å²) >= 11 is 0. The van der Waals surface area contributed by atoms with Crippen molar-refractivity contribution in [3.63, 3.8) is 0 Å². The quantitative estimate of drug-likeness (QED) is 0.745. The van der Waals surface area contributed by atoms with Crippen molar-refractivity contribution in [1.29, 1.82) is 0 Å². The predicted molar refractivity (Wildman–Crippen MR) is 54.4 cm³/mol. The van der Waals surface area contributed by atoms with Crippen molar-refractivity contribution in [3.8, 4) is 5.88 Å². The maximum Gasteiger partial charge on any atom is 0.384 e. The summed E-state index contributed by atoms with van der Waals surface area (Å²) in [4.78, 5) is 14.9. The molecule has 0 radical (unpaired) electrons. The van der Waals surface area contributed by atoms with Gasteiger partial charge in [0.15, 0.2) is 0 Å². The lowest BCUT2D eigenvalue weighted by Gasteiger charge is -2.07. The number of nitrogens with zero attached hydrogens (tertiary/aromatic N) is 2. The third kappa shape index (κ3) is 1.52. The molecule has 0 spiro atoms. The third-order valence-electron chi connectivity index (χ3n) is 2.02. The second kappa shape index (κ2) is 3.61. The fourth-order valence-corrected chi connectivity index (χ4v) is 1.38. The molecule has 0 saturated heterocycles. The van der Waals surface area contributed by atoms with Crippen LogP contribution in [0.5, 0.6) is 5.88 Å². The average molecular weight is 206 g/mol. The van der Waals surface area contributed by atoms with Gasteiger partial charge < -0.3 is 9.94 Å². The first-order chi connectivity index (χ1) is 7.24. The molecule has 1 N–H and O–H groups in total. The van der Waals surface area contributed by atoms with E-state index in [1.54, 1.807) is 31.2 Å². The Morgan fingerprint density at radius 2 is 2.20 bits per heavy atom. The van der Waals surface area contributed by atoms with E-state index >= 15 is 0 Å². The van der Waals surface area contributed by atoms with Crippen molar-refractivity contribution in [2.45, 2.75) is 6.92 Å². The van der Waals surface area contributed by atoms with E-state index in [0.717, 1.165) is 0 Å². The van der Waals surface area contributed by atoms with Gasteiger partial charge in [0, 0.05) is 0 Å². The normalized spacial score (nSPS) is 10.5. The zero-order chi connectivity index (χ0) is 10.8. The van der Waals surface area contributed by atoms with Gasteiger partial charge in [-0.3, -0.25) is 0 Å². The van der Waals surface area contributed by atoms with Gasteiger partial charge >= 0.3 is 5.69 Å². The highest BCUT2D eigenvalue weighted by Gasteiger charge is 2.09. The fraction of sp³-hybridized carbons (Fsp3) is 0.200. The molecule has 1 heterocycles. The van der Waals surface area contributed by atoms with Crippen LogP contribution in [0.25, 0.3) is 10.9 Å². The van der Waals surface area contributed by atoms with Crippen molar-refractivity contribution in [3.05, 3.63) is 34.7 Å². The summed E-state index contributed by atoms with van der Waals surface area (Å²) < 4.78 is 5.73. The molecule has 5 nitrogen and oxygen atoms in total. The molecule has 15 heavy (non-hydrogen) atoms. The Bertz CT molecular complexity index is 548. The van der Waals surface area contributed by atoms with Gasteiger partial charge in [-0.25, -0.2) is 4.79 Å². The highest BCUT2D eigenvalue weighted by atomic mass is 16.5. The number of benzene rings is 1. The summed E-state index contributed by atoms with van der Waals surface area (Å²) in [7, 11) is 0. The molecular formula is C10H10N2O3. The van der Waals surface area contributed by atoms with E-state index in [2.05, 4.69) is 4.98 Å². The minimum Gasteiger partial charge on any atom is -0.477 e. The van der Waals surface area contributed by atoms with Crippen molar-refractivity contribution < 1.29 is 9.94 Å². The molecule has 0 saturated carbocycles. The molecule has 2 aromatic rings. The van der Waals surface area contributed by atoms with Crippen LogP contribution in [-0.4, -0.2) is 21.5 Å². The Morgan fingerprint density at radius 3 is 2.93 bits per heavy atom. The summed E-state index contributed by atoms with van der Waals surface area (Å²) in [5.41, 5.74) is -0.349. The monoisotopic (exact) mass is 206 g/mol. The van der Waals surface area contributed by atoms with Gasteiger partial charge in [-0.2, -0.15) is 4.98 Å². The lowest BCUT2D eigenvalue weighted by molar-refractivity contribution is 0.181. The first kappa shape index (κ1) is 9.51. The number of rotatable bonds is 2. The third-order valence-corrected chi connectivity index (χ3v) is 2.02. The van der Waals surface area contributed by atoms with Crippen LogP contribution in [0.3, 0.4) is 0 Å². The molecule has 0 unspecified atom stereocenters. The van der Waals surface area contributed by atoms with Gasteiger partial charge in [0.2, 0.25) is 5.88 Å². The van der Waals surface area contributed by atoms with Crippen LogP contribution in [0.1, 0.15) is 6.92 Å². The van der Waals surface area contributed by atoms with Crippen molar-refractivity contribution in [2.75, 3.05) is 6.61 Å². The molecule has 5 heteroatoms. The summed E-state index contributed by atoms with van der Waals surface area (Å²) in [6.07, 6.45) is 0. The van der Waals surface area contributed by atoms with Gasteiger partial charge in [0.1, 0.15) is 0 Å². The van der Waals surface area contributed by atoms with E-state index < -0.39 is 5.69 Å². The van der Waals surface area contributed by atoms with Gasteiger partial charge in [0.25, 0.3) is 0 Å². The molecule has 0 amide bonds. The molecule has 78 valence electrons. The highest BCUT2D eigenvalue weighted by molar-refractivity contribution is 5.83. The van der Waals surface area contributed by atoms with E-state index in [1.165, 1.54) is 0 Å². The summed E-state index contributed by atoms with van der Waals surface area (Å²) in [5, 5.41) is 10.0. The van der Waals surface area contributed by atoms with E-state index in [-0.39, 0.29) is 5.88 Å². The van der Waals surface area contributed by atoms with Crippen molar-refractivity contribution in [1.82, 2.24) is 9.71 Å². The maximum atomic E-state index is 11.3. The molecule has 0 atom stereocenters. The molecular weight excluding hydrogens is 196 g/mol. The SMILES string of the molecule is CCOc1nc(=O)n(O)c2ccccc12. The Kier molecular flexibility index (Phi) is 2.29. The molecule has 0 aliphatic heterocycles. The first-order valence-corrected chi connectivity index (χ1v) is 4.58. The van der Waals surface area contributed by atoms with Crippen LogP contribution in [0.15, 0.2) is 29.1 Å². The van der Waals surface area contributed by atoms with Crippen molar-refractivity contribution >= 4 is 10.9 Å². The van der Waals surface area contributed by atoms with E-state index in [4.69, 9.17) is 4.74 Å². The number of hydrogen-bond donors (Lipinski definition) is 1. The lowest BCUT2D eigenvalue weighted by atomic mass is 10.2. The topological polar surface area (TPSA) is 64.3 Å². The second-order valence-corrected chi connectivity index (χ2v) is 2.96. The number of fused-ring (bicyclic) bond motifs is 1. The van der Waals surface area contributed by atoms with Gasteiger partial charge in [-0.05, 0) is 19.1 Å². The van der Waals surface area contributed by atoms with Gasteiger partial charge in [-0.15, -0.1) is 4.73 Å². The van der Waals surface area contributed by atoms with Crippen LogP contribution in [-0.2, 0) is 0 Å². The number of ether oxygens (including phenoxy) is 1. The van der Waals surface area contributed by atoms with Crippen LogP contribution in [0.4, 0.5) is 0 Å². The maximum absolute atomic E-state index is 11.3. The van der Waals surface area contributed by atoms with E-state index in [0.29, 0.717) is 22.2 Å². The van der Waals surface area contributed by atoms with Crippen LogP contribution in [0.2, 0.25) is 0 Å². The summed E-state index contributed by atoms with van der Waals surface area (Å²) in [6, 6.07) is 6.88. The zero-order valence-electron chi connectivity index (χ0n) is 8.17. The minimum atomic E-state index is -0.739. The van der Waals surface area contributed by atoms with Crippen LogP contribution < -0.4 is 10.4 Å². The molecule has 0 aliphatic carbocycles. The minimum absolute atomic E-state index is 0.253. The fourth-order valence-electron chi connectivity index (χ4n) is 1.38. The Labute approximate surface area is 85.5 Å². The standard InChI is InChI=1S/C10H10N2O3/c1-2-15-9-7-5-3-4-6-8(7)12(14)10(13)11-9/h3-6,14H,2H2,1H3. The number of aromatic nitrogens is 2. The lowest BCUT2D eigenvalue weighted by Crippen LogP contribution is -2.22. The second-order valence-electron chi connectivity index (χ2n) is 2.96. The smallest absolute Gasteiger partial charge is 0.384 e. The first-order valence-electron chi connectivity index (χ1n) is 4.58. The van der Waals surface area contributed by atoms with Crippen molar-refractivity contribution in [2.24, 2.45) is 0 Å². The molecule has 0 bridgehead atoms. The summed E-state index contributed by atoms with van der Waals surface area (Å²) in [6.45, 7) is 2.23. The Hall–Kier alpha value is -2.04. The molecule has 1 aromatic carbocycles. The van der Waals surface area contributed by atoms with Crippen LogP contribution in [0, 0.1) is 0 Å². The number of hydrogen-bond acceptors (Lipinski definition) is 4. The zero-order valence-corrected chi connectivity index (χ0v) is 8.17. The predicted octanol–water partition coefficient (Wildman–Crippen LogP) is 1.03. The van der Waals surface area contributed by atoms with E-state index in [9.17, 15) is 10.0 Å². The Morgan fingerprint density at radius 1 is 1.47 bits per heavy atom. The highest BCUT2D eigenvalue weighted by Crippen LogP contribution is 2.20. The van der Waals surface area contributed by atoms with E-state index in [1.807, 2.05) is 0 Å². The van der Waals surface area contributed by atoms with Gasteiger partial charge in [-0.1, -0.05) is 12.1 Å². The summed E-state index contributed by atoms with van der Waals surface area (Å²) in [5.74, 6) is 0.253. The molecule has 0 fully saturated rings.